The minimum Gasteiger partial charge on any atom is -0.507 e. The van der Waals surface area contributed by atoms with Crippen molar-refractivity contribution >= 4 is 32.7 Å². The quantitative estimate of drug-likeness (QED) is 0.270. The molecule has 0 aromatic heterocycles. The third-order valence-corrected chi connectivity index (χ3v) is 5.33. The van der Waals surface area contributed by atoms with E-state index in [0.717, 1.165) is 36.4 Å². The summed E-state index contributed by atoms with van der Waals surface area (Å²) < 4.78 is 62.5. The molecule has 0 fully saturated rings. The summed E-state index contributed by atoms with van der Waals surface area (Å²) in [5.41, 5.74) is 0.242. The number of hydrogen-bond donors (Lipinski definition) is 4. The zero-order valence-corrected chi connectivity index (χ0v) is 16.5. The molecule has 156 valence electrons. The Morgan fingerprint density at radius 2 is 1.10 bits per heavy atom. The molecule has 0 saturated heterocycles. The molecule has 0 aliphatic heterocycles. The first-order valence-electron chi connectivity index (χ1n) is 8.09. The van der Waals surface area contributed by atoms with Crippen LogP contribution in [0.1, 0.15) is 17.5 Å². The van der Waals surface area contributed by atoms with Gasteiger partial charge in [0.15, 0.2) is 0 Å². The topological polar surface area (TPSA) is 174 Å². The fourth-order valence-corrected chi connectivity index (χ4v) is 3.20. The lowest BCUT2D eigenvalue weighted by atomic mass is 10.2. The van der Waals surface area contributed by atoms with Crippen LogP contribution in [0.15, 0.2) is 56.2 Å². The largest absolute Gasteiger partial charge is 0.507 e. The maximum Gasteiger partial charge on any atom is 0.294 e. The predicted octanol–water partition coefficient (Wildman–Crippen LogP) is 1.52. The molecule has 0 radical (unpaired) electrons. The highest BCUT2D eigenvalue weighted by molar-refractivity contribution is 7.86. The first-order valence-corrected chi connectivity index (χ1v) is 11.0. The van der Waals surface area contributed by atoms with Gasteiger partial charge in [0, 0.05) is 36.6 Å². The maximum absolute atomic E-state index is 11.1. The molecule has 10 nitrogen and oxygen atoms in total. The van der Waals surface area contributed by atoms with Gasteiger partial charge in [-0.3, -0.25) is 19.1 Å². The number of aromatic hydroxyl groups is 2. The van der Waals surface area contributed by atoms with Crippen molar-refractivity contribution in [2.75, 3.05) is 13.1 Å². The van der Waals surface area contributed by atoms with Crippen LogP contribution >= 0.6 is 0 Å². The van der Waals surface area contributed by atoms with Crippen molar-refractivity contribution < 1.29 is 36.2 Å². The Balaban J connectivity index is 1.94. The second kappa shape index (κ2) is 9.13. The van der Waals surface area contributed by atoms with E-state index in [4.69, 9.17) is 9.11 Å². The number of aliphatic imine (C=N–C) groups is 2. The SMILES string of the molecule is O=S(=O)(O)c1ccc(O)c(C=NCCCN=Cc2cc(S(=O)(=O)O)ccc2O)c1. The zero-order valence-electron chi connectivity index (χ0n) is 14.9. The van der Waals surface area contributed by atoms with Gasteiger partial charge in [-0.25, -0.2) is 0 Å². The molecule has 0 amide bonds. The Hall–Kier alpha value is -2.80. The van der Waals surface area contributed by atoms with Gasteiger partial charge in [0.25, 0.3) is 20.2 Å². The highest BCUT2D eigenvalue weighted by atomic mass is 32.2. The Bertz CT molecular complexity index is 1060. The highest BCUT2D eigenvalue weighted by Gasteiger charge is 2.12. The molecule has 12 heteroatoms. The third kappa shape index (κ3) is 6.64. The van der Waals surface area contributed by atoms with Crippen LogP contribution in [0.25, 0.3) is 0 Å². The van der Waals surface area contributed by atoms with Crippen LogP contribution in [-0.4, -0.2) is 61.7 Å². The van der Waals surface area contributed by atoms with Gasteiger partial charge < -0.3 is 10.2 Å². The lowest BCUT2D eigenvalue weighted by Gasteiger charge is -2.02. The maximum atomic E-state index is 11.1. The van der Waals surface area contributed by atoms with Crippen LogP contribution in [0.2, 0.25) is 0 Å². The van der Waals surface area contributed by atoms with Crippen molar-refractivity contribution in [1.29, 1.82) is 0 Å². The minimum absolute atomic E-state index is 0.121. The van der Waals surface area contributed by atoms with E-state index < -0.39 is 20.2 Å². The Morgan fingerprint density at radius 3 is 1.45 bits per heavy atom. The van der Waals surface area contributed by atoms with Crippen molar-refractivity contribution in [3.63, 3.8) is 0 Å². The number of hydrogen-bond acceptors (Lipinski definition) is 8. The van der Waals surface area contributed by atoms with Gasteiger partial charge in [-0.05, 0) is 42.8 Å². The van der Waals surface area contributed by atoms with Gasteiger partial charge in [0.05, 0.1) is 9.79 Å². The lowest BCUT2D eigenvalue weighted by molar-refractivity contribution is 0.470. The molecule has 0 heterocycles. The summed E-state index contributed by atoms with van der Waals surface area (Å²) in [7, 11) is -8.79. The molecule has 2 aromatic rings. The van der Waals surface area contributed by atoms with Crippen LogP contribution in [0, 0.1) is 0 Å². The second-order valence-electron chi connectivity index (χ2n) is 5.82. The summed E-state index contributed by atoms with van der Waals surface area (Å²) in [4.78, 5) is 7.34. The predicted molar refractivity (Wildman–Crippen MR) is 105 cm³/mol. The smallest absolute Gasteiger partial charge is 0.294 e. The van der Waals surface area contributed by atoms with Crippen LogP contribution in [0.4, 0.5) is 0 Å². The van der Waals surface area contributed by atoms with Crippen molar-refractivity contribution in [2.24, 2.45) is 9.98 Å². The van der Waals surface area contributed by atoms with Crippen LogP contribution in [0.3, 0.4) is 0 Å². The highest BCUT2D eigenvalue weighted by Crippen LogP contribution is 2.20. The Labute approximate surface area is 167 Å². The fraction of sp³-hybridized carbons (Fsp3) is 0.176. The molecule has 0 unspecified atom stereocenters. The van der Waals surface area contributed by atoms with E-state index in [9.17, 15) is 27.0 Å². The number of phenolic OH excluding ortho intramolecular Hbond substituents is 2. The molecule has 0 bridgehead atoms. The average Bonchev–Trinajstić information content (AvgIpc) is 2.61. The van der Waals surface area contributed by atoms with E-state index in [1.807, 2.05) is 0 Å². The fourth-order valence-electron chi connectivity index (χ4n) is 2.17. The molecular formula is C17H18N2O8S2. The van der Waals surface area contributed by atoms with Crippen LogP contribution < -0.4 is 0 Å². The van der Waals surface area contributed by atoms with E-state index in [0.29, 0.717) is 6.42 Å². The number of phenols is 2. The van der Waals surface area contributed by atoms with Crippen molar-refractivity contribution in [3.8, 4) is 11.5 Å². The minimum atomic E-state index is -4.39. The molecule has 0 aliphatic carbocycles. The van der Waals surface area contributed by atoms with Crippen molar-refractivity contribution in [2.45, 2.75) is 16.2 Å². The van der Waals surface area contributed by atoms with Gasteiger partial charge >= 0.3 is 0 Å². The Morgan fingerprint density at radius 1 is 0.724 bits per heavy atom. The molecule has 0 spiro atoms. The molecule has 4 N–H and O–H groups in total. The molecule has 0 aliphatic rings. The standard InChI is InChI=1S/C17H18N2O8S2/c20-16-4-2-14(28(22,23)24)8-12(16)10-18-6-1-7-19-11-13-9-15(29(25,26)27)3-5-17(13)21/h2-5,8-11,20-21H,1,6-7H2,(H,22,23,24)(H,25,26,27). The van der Waals surface area contributed by atoms with Gasteiger partial charge in [-0.1, -0.05) is 0 Å². The first kappa shape index (κ1) is 22.5. The van der Waals surface area contributed by atoms with E-state index in [1.54, 1.807) is 0 Å². The van der Waals surface area contributed by atoms with Crippen molar-refractivity contribution in [3.05, 3.63) is 47.5 Å². The lowest BCUT2D eigenvalue weighted by Crippen LogP contribution is -1.99. The number of nitrogens with zero attached hydrogens (tertiary/aromatic N) is 2. The van der Waals surface area contributed by atoms with E-state index in [2.05, 4.69) is 9.98 Å². The van der Waals surface area contributed by atoms with Gasteiger partial charge in [-0.2, -0.15) is 16.8 Å². The number of rotatable bonds is 8. The molecule has 2 aromatic carbocycles. The van der Waals surface area contributed by atoms with E-state index >= 15 is 0 Å². The summed E-state index contributed by atoms with van der Waals surface area (Å²) in [6, 6.07) is 6.53. The molecule has 2 rings (SSSR count). The zero-order chi connectivity index (χ0) is 21.7. The molecule has 29 heavy (non-hydrogen) atoms. The monoisotopic (exact) mass is 442 g/mol. The molecule has 0 saturated carbocycles. The van der Waals surface area contributed by atoms with Gasteiger partial charge in [0.2, 0.25) is 0 Å². The average molecular weight is 442 g/mol. The number of benzene rings is 2. The van der Waals surface area contributed by atoms with Crippen LogP contribution in [-0.2, 0) is 20.2 Å². The van der Waals surface area contributed by atoms with Crippen molar-refractivity contribution in [1.82, 2.24) is 0 Å². The summed E-state index contributed by atoms with van der Waals surface area (Å²) in [5, 5.41) is 19.4. The van der Waals surface area contributed by atoms with Crippen LogP contribution in [0.5, 0.6) is 11.5 Å². The summed E-state index contributed by atoms with van der Waals surface area (Å²) in [5.74, 6) is -0.401. The summed E-state index contributed by atoms with van der Waals surface area (Å²) in [6.45, 7) is 0.563. The van der Waals surface area contributed by atoms with Gasteiger partial charge in [0.1, 0.15) is 11.5 Å². The van der Waals surface area contributed by atoms with E-state index in [-0.39, 0.29) is 45.5 Å². The van der Waals surface area contributed by atoms with E-state index in [1.165, 1.54) is 12.4 Å². The first-order chi connectivity index (χ1) is 13.5. The molecular weight excluding hydrogens is 424 g/mol. The summed E-state index contributed by atoms with van der Waals surface area (Å²) in [6.07, 6.45) is 2.98. The summed E-state index contributed by atoms with van der Waals surface area (Å²) >= 11 is 0. The molecule has 0 atom stereocenters. The Kier molecular flexibility index (Phi) is 7.08. The second-order valence-corrected chi connectivity index (χ2v) is 8.66. The normalized spacial score (nSPS) is 12.8. The third-order valence-electron chi connectivity index (χ3n) is 3.63. The van der Waals surface area contributed by atoms with Gasteiger partial charge in [-0.15, -0.1) is 0 Å².